The Balaban J connectivity index is 1.70. The molecule has 0 aromatic heterocycles. The van der Waals surface area contributed by atoms with Crippen molar-refractivity contribution in [1.82, 2.24) is 4.90 Å². The molecule has 3 aliphatic carbocycles. The van der Waals surface area contributed by atoms with Crippen molar-refractivity contribution >= 4 is 29.5 Å². The number of Topliss-reactive ketones (excluding diaryl/α,β-unsaturated/α-hetero) is 1. The number of likely N-dealkylation sites (tertiary alicyclic amines) is 1. The summed E-state index contributed by atoms with van der Waals surface area (Å²) in [4.78, 5) is 65.5. The van der Waals surface area contributed by atoms with Crippen LogP contribution in [0.1, 0.15) is 31.2 Å². The summed E-state index contributed by atoms with van der Waals surface area (Å²) in [7, 11) is 2.53. The van der Waals surface area contributed by atoms with Gasteiger partial charge >= 0.3 is 6.09 Å². The second-order valence-electron chi connectivity index (χ2n) is 9.14. The summed E-state index contributed by atoms with van der Waals surface area (Å²) < 4.78 is 10.2. The van der Waals surface area contributed by atoms with Gasteiger partial charge in [0.15, 0.2) is 11.6 Å². The Morgan fingerprint density at radius 2 is 1.83 bits per heavy atom. The smallest absolute Gasteiger partial charge is 0.423 e. The van der Waals surface area contributed by atoms with E-state index < -0.39 is 41.6 Å². The Kier molecular flexibility index (Phi) is 5.23. The number of carbonyl (C=O) groups excluding carboxylic acids is 5. The predicted molar refractivity (Wildman–Crippen MR) is 120 cm³/mol. The lowest BCUT2D eigenvalue weighted by Gasteiger charge is -2.42. The minimum atomic E-state index is -1.04. The number of carbonyl (C=O) groups is 5. The normalized spacial score (nSPS) is 27.7. The molecule has 0 spiro atoms. The number of allylic oxidation sites excluding steroid dienone is 6. The van der Waals surface area contributed by atoms with Crippen molar-refractivity contribution in [3.05, 3.63) is 58.2 Å². The maximum Gasteiger partial charge on any atom is 0.423 e. The molecule has 4 unspecified atom stereocenters. The van der Waals surface area contributed by atoms with Crippen molar-refractivity contribution in [2.45, 2.75) is 25.7 Å². The van der Waals surface area contributed by atoms with E-state index in [0.717, 1.165) is 12.7 Å². The topological polar surface area (TPSA) is 127 Å². The summed E-state index contributed by atoms with van der Waals surface area (Å²) in [6, 6.07) is 4.52. The molecular formula is C26H23NO8. The highest BCUT2D eigenvalue weighted by Gasteiger charge is 2.58. The number of fused-ring (bicyclic) bond motifs is 3. The van der Waals surface area contributed by atoms with E-state index >= 15 is 0 Å². The summed E-state index contributed by atoms with van der Waals surface area (Å²) in [5.74, 6) is -4.50. The molecule has 1 saturated heterocycles. The highest BCUT2D eigenvalue weighted by atomic mass is 16.5. The molecule has 9 nitrogen and oxygen atoms in total. The maximum absolute atomic E-state index is 13.3. The molecule has 3 amide bonds. The van der Waals surface area contributed by atoms with Gasteiger partial charge < -0.3 is 14.6 Å². The number of aromatic hydroxyl groups is 1. The largest absolute Gasteiger partial charge is 0.508 e. The molecule has 5 rings (SSSR count). The van der Waals surface area contributed by atoms with Gasteiger partial charge in [-0.15, -0.1) is 0 Å². The fraction of sp³-hybridized carbons (Fsp3) is 0.346. The number of imide groups is 3. The first kappa shape index (κ1) is 22.8. The molecule has 35 heavy (non-hydrogen) atoms. The minimum absolute atomic E-state index is 0.0306. The summed E-state index contributed by atoms with van der Waals surface area (Å²) in [5, 5.41) is 9.98. The summed E-state index contributed by atoms with van der Waals surface area (Å²) in [6.07, 6.45) is 2.41. The third-order valence-corrected chi connectivity index (χ3v) is 7.45. The lowest BCUT2D eigenvalue weighted by Crippen LogP contribution is -2.40. The third kappa shape index (κ3) is 3.18. The van der Waals surface area contributed by atoms with E-state index in [1.54, 1.807) is 13.0 Å². The molecule has 1 heterocycles. The van der Waals surface area contributed by atoms with Crippen molar-refractivity contribution in [3.8, 4) is 11.5 Å². The van der Waals surface area contributed by atoms with Crippen LogP contribution in [0.25, 0.3) is 0 Å². The number of rotatable bonds is 2. The van der Waals surface area contributed by atoms with E-state index in [1.807, 2.05) is 6.08 Å². The molecule has 0 radical (unpaired) electrons. The van der Waals surface area contributed by atoms with E-state index in [-0.39, 0.29) is 30.2 Å². The number of phenols is 1. The van der Waals surface area contributed by atoms with Gasteiger partial charge in [-0.3, -0.25) is 19.2 Å². The van der Waals surface area contributed by atoms with Gasteiger partial charge in [-0.2, -0.15) is 4.90 Å². The lowest BCUT2D eigenvalue weighted by atomic mass is 9.59. The number of hydrogen-bond acceptors (Lipinski definition) is 8. The molecule has 1 aromatic carbocycles. The molecule has 1 aliphatic heterocycles. The third-order valence-electron chi connectivity index (χ3n) is 7.45. The number of benzene rings is 1. The highest BCUT2D eigenvalue weighted by Crippen LogP contribution is 2.56. The van der Waals surface area contributed by atoms with E-state index in [9.17, 15) is 29.1 Å². The molecule has 180 valence electrons. The van der Waals surface area contributed by atoms with Gasteiger partial charge in [-0.1, -0.05) is 17.7 Å². The fourth-order valence-electron chi connectivity index (χ4n) is 5.95. The van der Waals surface area contributed by atoms with Crippen molar-refractivity contribution < 1.29 is 38.6 Å². The van der Waals surface area contributed by atoms with Crippen LogP contribution in [0.5, 0.6) is 11.5 Å². The molecule has 0 bridgehead atoms. The molecule has 1 aromatic rings. The zero-order chi connectivity index (χ0) is 25.2. The molecule has 0 saturated carbocycles. The van der Waals surface area contributed by atoms with E-state index in [4.69, 9.17) is 4.74 Å². The quantitative estimate of drug-likeness (QED) is 0.391. The number of amides is 3. The Hall–Kier alpha value is -4.01. The molecular weight excluding hydrogens is 454 g/mol. The first-order chi connectivity index (χ1) is 16.7. The number of hydrogen-bond donors (Lipinski definition) is 1. The van der Waals surface area contributed by atoms with Crippen LogP contribution in [0.15, 0.2) is 52.6 Å². The highest BCUT2D eigenvalue weighted by molar-refractivity contribution is 6.24. The lowest BCUT2D eigenvalue weighted by molar-refractivity contribution is -0.137. The van der Waals surface area contributed by atoms with Crippen LogP contribution in [-0.2, 0) is 23.9 Å². The Morgan fingerprint density at radius 1 is 1.09 bits per heavy atom. The second kappa shape index (κ2) is 8.04. The van der Waals surface area contributed by atoms with Crippen LogP contribution in [0, 0.1) is 17.8 Å². The number of ether oxygens (including phenoxy) is 2. The monoisotopic (exact) mass is 477 g/mol. The van der Waals surface area contributed by atoms with Gasteiger partial charge in [-0.25, -0.2) is 4.79 Å². The van der Waals surface area contributed by atoms with Crippen LogP contribution in [0.3, 0.4) is 0 Å². The van der Waals surface area contributed by atoms with Gasteiger partial charge in [0.25, 0.3) is 0 Å². The van der Waals surface area contributed by atoms with Gasteiger partial charge in [-0.05, 0) is 37.8 Å². The Bertz CT molecular complexity index is 1320. The number of phenolic OH excluding ortho intramolecular Hbond substituents is 1. The van der Waals surface area contributed by atoms with Gasteiger partial charge in [0.05, 0.1) is 26.1 Å². The van der Waals surface area contributed by atoms with Crippen molar-refractivity contribution in [2.24, 2.45) is 17.8 Å². The van der Waals surface area contributed by atoms with E-state index in [2.05, 4.69) is 4.74 Å². The molecule has 4 atom stereocenters. The second-order valence-corrected chi connectivity index (χ2v) is 9.14. The maximum atomic E-state index is 13.3. The molecule has 9 heteroatoms. The molecule has 1 fully saturated rings. The van der Waals surface area contributed by atoms with Crippen molar-refractivity contribution in [3.63, 3.8) is 0 Å². The Morgan fingerprint density at radius 3 is 2.51 bits per heavy atom. The average molecular weight is 477 g/mol. The SMILES string of the molecule is COC(=O)N1C(=O)C2CC=C3C(c4ccc(O)cc4OC)C4=C(CC3C2C1=O)C(=O)C(C)=CC4=O. The predicted octanol–water partition coefficient (Wildman–Crippen LogP) is 2.60. The number of ketones is 2. The van der Waals surface area contributed by atoms with Crippen LogP contribution >= 0.6 is 0 Å². The first-order valence-corrected chi connectivity index (χ1v) is 11.2. The van der Waals surface area contributed by atoms with Crippen LogP contribution < -0.4 is 4.74 Å². The summed E-state index contributed by atoms with van der Waals surface area (Å²) in [6.45, 7) is 1.57. The van der Waals surface area contributed by atoms with Crippen molar-refractivity contribution in [1.29, 1.82) is 0 Å². The fourth-order valence-corrected chi connectivity index (χ4v) is 5.95. The summed E-state index contributed by atoms with van der Waals surface area (Å²) in [5.41, 5.74) is 2.19. The van der Waals surface area contributed by atoms with Gasteiger partial charge in [0.1, 0.15) is 11.5 Å². The van der Waals surface area contributed by atoms with E-state index in [1.165, 1.54) is 25.3 Å². The van der Waals surface area contributed by atoms with Gasteiger partial charge in [0.2, 0.25) is 11.8 Å². The zero-order valence-electron chi connectivity index (χ0n) is 19.4. The number of nitrogens with zero attached hydrogens (tertiary/aromatic N) is 1. The standard InChI is InChI=1S/C26H23NO8/c1-11-8-18(29)22-17(23(11)30)10-16-13(20(22)14-5-4-12(28)9-19(14)34-2)6-7-15-21(16)25(32)27(24(15)31)26(33)35-3/h4-6,8-9,15-16,20-21,28H,7,10H2,1-3H3. The van der Waals surface area contributed by atoms with Crippen LogP contribution in [-0.4, -0.2) is 53.7 Å². The number of methoxy groups -OCH3 is 2. The molecule has 1 N–H and O–H groups in total. The van der Waals surface area contributed by atoms with Crippen LogP contribution in [0.2, 0.25) is 0 Å². The summed E-state index contributed by atoms with van der Waals surface area (Å²) >= 11 is 0. The van der Waals surface area contributed by atoms with Gasteiger partial charge in [0, 0.05) is 34.3 Å². The Labute approximate surface area is 200 Å². The molecule has 4 aliphatic rings. The average Bonchev–Trinajstić information content (AvgIpc) is 3.10. The zero-order valence-corrected chi connectivity index (χ0v) is 19.4. The first-order valence-electron chi connectivity index (χ1n) is 11.2. The van der Waals surface area contributed by atoms with E-state index in [0.29, 0.717) is 32.9 Å². The minimum Gasteiger partial charge on any atom is -0.508 e. The van der Waals surface area contributed by atoms with Crippen LogP contribution in [0.4, 0.5) is 4.79 Å². The van der Waals surface area contributed by atoms with Crippen molar-refractivity contribution in [2.75, 3.05) is 14.2 Å².